The van der Waals surface area contributed by atoms with Gasteiger partial charge in [0.25, 0.3) is 0 Å². The summed E-state index contributed by atoms with van der Waals surface area (Å²) < 4.78 is 21.4. The van der Waals surface area contributed by atoms with Gasteiger partial charge in [0.05, 0.1) is 33.0 Å². The van der Waals surface area contributed by atoms with Crippen molar-refractivity contribution in [2.75, 3.05) is 40.6 Å². The second-order valence-electron chi connectivity index (χ2n) is 4.93. The summed E-state index contributed by atoms with van der Waals surface area (Å²) in [6, 6.07) is 5.99. The summed E-state index contributed by atoms with van der Waals surface area (Å²) in [4.78, 5) is 0. The summed E-state index contributed by atoms with van der Waals surface area (Å²) in [5, 5.41) is 3.33. The van der Waals surface area contributed by atoms with E-state index in [0.29, 0.717) is 19.8 Å². The van der Waals surface area contributed by atoms with Crippen molar-refractivity contribution in [1.82, 2.24) is 5.32 Å². The first-order valence-corrected chi connectivity index (χ1v) is 7.28. The van der Waals surface area contributed by atoms with E-state index >= 15 is 0 Å². The summed E-state index contributed by atoms with van der Waals surface area (Å²) in [6.45, 7) is 7.51. The second kappa shape index (κ2) is 10.4. The van der Waals surface area contributed by atoms with Gasteiger partial charge in [-0.2, -0.15) is 0 Å². The molecule has 1 N–H and O–H groups in total. The molecule has 5 heteroatoms. The summed E-state index contributed by atoms with van der Waals surface area (Å²) >= 11 is 0. The normalized spacial score (nSPS) is 10.9. The second-order valence-corrected chi connectivity index (χ2v) is 4.93. The van der Waals surface area contributed by atoms with Crippen molar-refractivity contribution in [2.45, 2.75) is 26.5 Å². The van der Waals surface area contributed by atoms with Gasteiger partial charge in [-0.1, -0.05) is 6.07 Å². The van der Waals surface area contributed by atoms with Crippen LogP contribution in [0.25, 0.3) is 0 Å². The molecule has 120 valence electrons. The van der Waals surface area contributed by atoms with Gasteiger partial charge in [-0.25, -0.2) is 0 Å². The van der Waals surface area contributed by atoms with E-state index in [0.717, 1.165) is 30.2 Å². The van der Waals surface area contributed by atoms with Crippen LogP contribution in [-0.4, -0.2) is 46.7 Å². The third-order valence-electron chi connectivity index (χ3n) is 2.77. The fourth-order valence-corrected chi connectivity index (χ4v) is 1.79. The number of nitrogens with one attached hydrogen (secondary N) is 1. The van der Waals surface area contributed by atoms with Crippen LogP contribution in [-0.2, 0) is 16.0 Å². The molecule has 0 amide bonds. The van der Waals surface area contributed by atoms with Gasteiger partial charge in [-0.15, -0.1) is 0 Å². The topological polar surface area (TPSA) is 49.0 Å². The van der Waals surface area contributed by atoms with Crippen LogP contribution < -0.4 is 14.8 Å². The summed E-state index contributed by atoms with van der Waals surface area (Å²) in [5.41, 5.74) is 1.15. The van der Waals surface area contributed by atoms with Gasteiger partial charge in [-0.05, 0) is 31.5 Å². The third-order valence-corrected chi connectivity index (χ3v) is 2.77. The van der Waals surface area contributed by atoms with Crippen LogP contribution in [0.4, 0.5) is 0 Å². The van der Waals surface area contributed by atoms with Crippen molar-refractivity contribution in [3.05, 3.63) is 23.8 Å². The van der Waals surface area contributed by atoms with Gasteiger partial charge in [0.2, 0.25) is 0 Å². The fraction of sp³-hybridized carbons (Fsp3) is 0.625. The third kappa shape index (κ3) is 7.32. The zero-order chi connectivity index (χ0) is 15.5. The lowest BCUT2D eigenvalue weighted by Crippen LogP contribution is -2.20. The molecule has 1 rings (SSSR count). The molecule has 0 aliphatic carbocycles. The Morgan fingerprint density at radius 2 is 1.86 bits per heavy atom. The van der Waals surface area contributed by atoms with E-state index in [2.05, 4.69) is 5.32 Å². The highest BCUT2D eigenvalue weighted by Crippen LogP contribution is 2.28. The number of rotatable bonds is 11. The number of benzene rings is 1. The van der Waals surface area contributed by atoms with E-state index in [-0.39, 0.29) is 6.10 Å². The van der Waals surface area contributed by atoms with Gasteiger partial charge < -0.3 is 24.3 Å². The maximum absolute atomic E-state index is 5.69. The molecule has 0 radical (unpaired) electrons. The van der Waals surface area contributed by atoms with Gasteiger partial charge in [0.1, 0.15) is 0 Å². The number of hydrogen-bond donors (Lipinski definition) is 1. The average Bonchev–Trinajstić information content (AvgIpc) is 2.47. The first kappa shape index (κ1) is 17.8. The highest BCUT2D eigenvalue weighted by atomic mass is 16.5. The Hall–Kier alpha value is -1.30. The van der Waals surface area contributed by atoms with Crippen molar-refractivity contribution in [3.8, 4) is 11.5 Å². The quantitative estimate of drug-likeness (QED) is 0.635. The monoisotopic (exact) mass is 297 g/mol. The number of ether oxygens (including phenoxy) is 4. The Kier molecular flexibility index (Phi) is 8.82. The molecule has 21 heavy (non-hydrogen) atoms. The molecule has 1 aromatic rings. The van der Waals surface area contributed by atoms with Crippen molar-refractivity contribution in [2.24, 2.45) is 0 Å². The van der Waals surface area contributed by atoms with Crippen LogP contribution in [0.15, 0.2) is 18.2 Å². The molecule has 0 spiro atoms. The summed E-state index contributed by atoms with van der Waals surface area (Å²) in [5.74, 6) is 1.54. The van der Waals surface area contributed by atoms with Crippen molar-refractivity contribution in [3.63, 3.8) is 0 Å². The summed E-state index contributed by atoms with van der Waals surface area (Å²) in [6.07, 6.45) is 0.132. The lowest BCUT2D eigenvalue weighted by Gasteiger charge is -2.14. The van der Waals surface area contributed by atoms with Crippen LogP contribution >= 0.6 is 0 Å². The number of methoxy groups -OCH3 is 2. The molecule has 0 unspecified atom stereocenters. The lowest BCUT2D eigenvalue weighted by molar-refractivity contribution is 0.0719. The molecule has 1 aromatic carbocycles. The van der Waals surface area contributed by atoms with Gasteiger partial charge in [0, 0.05) is 20.2 Å². The lowest BCUT2D eigenvalue weighted by atomic mass is 10.2. The van der Waals surface area contributed by atoms with Gasteiger partial charge in [-0.3, -0.25) is 0 Å². The van der Waals surface area contributed by atoms with E-state index in [1.807, 2.05) is 32.0 Å². The molecule has 0 saturated carbocycles. The maximum atomic E-state index is 5.69. The van der Waals surface area contributed by atoms with Crippen LogP contribution in [0.5, 0.6) is 11.5 Å². The SMILES string of the molecule is COCCOCCNCc1ccc(OC(C)C)c(OC)c1. The molecular weight excluding hydrogens is 270 g/mol. The van der Waals surface area contributed by atoms with Crippen LogP contribution in [0.2, 0.25) is 0 Å². The van der Waals surface area contributed by atoms with E-state index in [9.17, 15) is 0 Å². The first-order valence-electron chi connectivity index (χ1n) is 7.28. The van der Waals surface area contributed by atoms with Crippen LogP contribution in [0.1, 0.15) is 19.4 Å². The molecule has 0 bridgehead atoms. The smallest absolute Gasteiger partial charge is 0.161 e. The highest BCUT2D eigenvalue weighted by Gasteiger charge is 2.07. The Morgan fingerprint density at radius 3 is 2.52 bits per heavy atom. The minimum atomic E-state index is 0.132. The molecule has 0 atom stereocenters. The molecule has 0 aromatic heterocycles. The van der Waals surface area contributed by atoms with Crippen LogP contribution in [0.3, 0.4) is 0 Å². The standard InChI is InChI=1S/C16H27NO4/c1-13(2)21-15-6-5-14(11-16(15)19-4)12-17-7-8-20-10-9-18-3/h5-6,11,13,17H,7-10,12H2,1-4H3. The van der Waals surface area contributed by atoms with E-state index in [4.69, 9.17) is 18.9 Å². The van der Waals surface area contributed by atoms with E-state index in [1.54, 1.807) is 14.2 Å². The number of hydrogen-bond acceptors (Lipinski definition) is 5. The molecule has 0 heterocycles. The zero-order valence-corrected chi connectivity index (χ0v) is 13.5. The fourth-order valence-electron chi connectivity index (χ4n) is 1.79. The highest BCUT2D eigenvalue weighted by molar-refractivity contribution is 5.43. The predicted octanol–water partition coefficient (Wildman–Crippen LogP) is 2.23. The Bertz CT molecular complexity index is 396. The minimum Gasteiger partial charge on any atom is -0.493 e. The molecule has 0 saturated heterocycles. The molecule has 0 aliphatic heterocycles. The maximum Gasteiger partial charge on any atom is 0.161 e. The van der Waals surface area contributed by atoms with Gasteiger partial charge in [0.15, 0.2) is 11.5 Å². The first-order chi connectivity index (χ1) is 10.2. The van der Waals surface area contributed by atoms with E-state index in [1.165, 1.54) is 0 Å². The predicted molar refractivity (Wildman–Crippen MR) is 83.2 cm³/mol. The van der Waals surface area contributed by atoms with Crippen molar-refractivity contribution < 1.29 is 18.9 Å². The molecular formula is C16H27NO4. The molecule has 0 fully saturated rings. The van der Waals surface area contributed by atoms with Crippen LogP contribution in [0, 0.1) is 0 Å². The van der Waals surface area contributed by atoms with Crippen molar-refractivity contribution >= 4 is 0 Å². The minimum absolute atomic E-state index is 0.132. The largest absolute Gasteiger partial charge is 0.493 e. The van der Waals surface area contributed by atoms with E-state index < -0.39 is 0 Å². The van der Waals surface area contributed by atoms with Gasteiger partial charge >= 0.3 is 0 Å². The Morgan fingerprint density at radius 1 is 1.05 bits per heavy atom. The Balaban J connectivity index is 2.35. The summed E-state index contributed by atoms with van der Waals surface area (Å²) in [7, 11) is 3.32. The molecule has 0 aliphatic rings. The average molecular weight is 297 g/mol. The molecule has 5 nitrogen and oxygen atoms in total. The zero-order valence-electron chi connectivity index (χ0n) is 13.5. The Labute approximate surface area is 127 Å². The van der Waals surface area contributed by atoms with Crippen molar-refractivity contribution in [1.29, 1.82) is 0 Å².